The molecule has 7 nitrogen and oxygen atoms in total. The van der Waals surface area contributed by atoms with E-state index in [9.17, 15) is 19.2 Å². The molecular weight excluding hydrogens is 420 g/mol. The van der Waals surface area contributed by atoms with E-state index in [0.717, 1.165) is 10.9 Å². The molecule has 168 valence electrons. The molecule has 0 saturated carbocycles. The van der Waals surface area contributed by atoms with Gasteiger partial charge in [0.05, 0.1) is 7.11 Å². The summed E-state index contributed by atoms with van der Waals surface area (Å²) in [6, 6.07) is 19.3. The van der Waals surface area contributed by atoms with Crippen LogP contribution in [0.4, 0.5) is 0 Å². The molecule has 1 N–H and O–H groups in total. The zero-order valence-electron chi connectivity index (χ0n) is 18.2. The summed E-state index contributed by atoms with van der Waals surface area (Å²) < 4.78 is 4.82. The Kier molecular flexibility index (Phi) is 6.49. The van der Waals surface area contributed by atoms with E-state index in [2.05, 4.69) is 5.32 Å². The predicted molar refractivity (Wildman–Crippen MR) is 123 cm³/mol. The Morgan fingerprint density at radius 3 is 2.15 bits per heavy atom. The van der Waals surface area contributed by atoms with Crippen LogP contribution in [0.2, 0.25) is 0 Å². The van der Waals surface area contributed by atoms with Crippen molar-refractivity contribution >= 4 is 34.5 Å². The molecule has 4 rings (SSSR count). The van der Waals surface area contributed by atoms with Crippen LogP contribution in [-0.4, -0.2) is 48.3 Å². The number of carbonyl (C=O) groups is 4. The molecule has 0 fully saturated rings. The normalized spacial score (nSPS) is 13.7. The Labute approximate surface area is 191 Å². The molecular formula is C26H24N2O5. The maximum absolute atomic E-state index is 12.9. The lowest BCUT2D eigenvalue weighted by Gasteiger charge is -2.27. The molecule has 3 aromatic rings. The number of methoxy groups -OCH3 is 1. The van der Waals surface area contributed by atoms with Gasteiger partial charge >= 0.3 is 5.97 Å². The number of benzene rings is 3. The number of ether oxygens (including phenoxy) is 1. The van der Waals surface area contributed by atoms with Crippen LogP contribution in [0.25, 0.3) is 10.8 Å². The van der Waals surface area contributed by atoms with Crippen molar-refractivity contribution in [1.29, 1.82) is 0 Å². The fraction of sp³-hybridized carbons (Fsp3) is 0.231. The van der Waals surface area contributed by atoms with E-state index in [1.54, 1.807) is 24.3 Å². The first-order valence-electron chi connectivity index (χ1n) is 10.8. The lowest BCUT2D eigenvalue weighted by Crippen LogP contribution is -2.44. The molecule has 0 radical (unpaired) electrons. The number of esters is 1. The van der Waals surface area contributed by atoms with Crippen LogP contribution >= 0.6 is 0 Å². The number of amides is 3. The van der Waals surface area contributed by atoms with Gasteiger partial charge in [-0.25, -0.2) is 4.79 Å². The molecule has 33 heavy (non-hydrogen) atoms. The summed E-state index contributed by atoms with van der Waals surface area (Å²) in [6.07, 6.45) is 0.648. The molecule has 1 atom stereocenters. The summed E-state index contributed by atoms with van der Waals surface area (Å²) in [5, 5.41) is 4.22. The van der Waals surface area contributed by atoms with Gasteiger partial charge in [-0.1, -0.05) is 54.6 Å². The van der Waals surface area contributed by atoms with Crippen molar-refractivity contribution in [3.8, 4) is 0 Å². The van der Waals surface area contributed by atoms with Crippen LogP contribution in [0.5, 0.6) is 0 Å². The second kappa shape index (κ2) is 9.65. The Morgan fingerprint density at radius 2 is 1.55 bits per heavy atom. The van der Waals surface area contributed by atoms with Crippen molar-refractivity contribution < 1.29 is 23.9 Å². The summed E-state index contributed by atoms with van der Waals surface area (Å²) in [6.45, 7) is 0.109. The molecule has 0 spiro atoms. The second-order valence-corrected chi connectivity index (χ2v) is 7.91. The average Bonchev–Trinajstić information content (AvgIpc) is 2.84. The van der Waals surface area contributed by atoms with E-state index < -0.39 is 12.0 Å². The molecule has 0 saturated heterocycles. The van der Waals surface area contributed by atoms with E-state index >= 15 is 0 Å². The van der Waals surface area contributed by atoms with Crippen molar-refractivity contribution in [3.63, 3.8) is 0 Å². The highest BCUT2D eigenvalue weighted by molar-refractivity contribution is 6.25. The van der Waals surface area contributed by atoms with E-state index in [1.165, 1.54) is 12.0 Å². The number of hydrogen-bond acceptors (Lipinski definition) is 5. The number of nitrogens with zero attached hydrogens (tertiary/aromatic N) is 1. The number of nitrogens with one attached hydrogen (secondary N) is 1. The highest BCUT2D eigenvalue weighted by atomic mass is 16.5. The summed E-state index contributed by atoms with van der Waals surface area (Å²) >= 11 is 0. The van der Waals surface area contributed by atoms with Crippen molar-refractivity contribution in [2.45, 2.75) is 25.3 Å². The van der Waals surface area contributed by atoms with Crippen molar-refractivity contribution in [3.05, 3.63) is 83.4 Å². The van der Waals surface area contributed by atoms with E-state index in [4.69, 9.17) is 4.74 Å². The van der Waals surface area contributed by atoms with Gasteiger partial charge in [0.25, 0.3) is 11.8 Å². The van der Waals surface area contributed by atoms with Crippen LogP contribution in [0.1, 0.15) is 39.1 Å². The van der Waals surface area contributed by atoms with Gasteiger partial charge in [0.15, 0.2) is 0 Å². The van der Waals surface area contributed by atoms with Gasteiger partial charge in [0, 0.05) is 35.9 Å². The Morgan fingerprint density at radius 1 is 0.909 bits per heavy atom. The van der Waals surface area contributed by atoms with Crippen LogP contribution < -0.4 is 5.32 Å². The van der Waals surface area contributed by atoms with Gasteiger partial charge in [-0.3, -0.25) is 19.3 Å². The molecule has 1 aliphatic rings. The molecule has 0 aromatic heterocycles. The van der Waals surface area contributed by atoms with Crippen LogP contribution in [0.15, 0.2) is 66.7 Å². The van der Waals surface area contributed by atoms with Crippen LogP contribution in [0, 0.1) is 0 Å². The SMILES string of the molecule is COC(=O)C(Cc1ccccc1)NC(=O)CCCN1C(=O)c2cccc3cccc(c23)C1=O. The van der Waals surface area contributed by atoms with Crippen molar-refractivity contribution in [2.75, 3.05) is 13.7 Å². The summed E-state index contributed by atoms with van der Waals surface area (Å²) in [5.41, 5.74) is 1.87. The third kappa shape index (κ3) is 4.62. The molecule has 1 aliphatic heterocycles. The average molecular weight is 444 g/mol. The molecule has 3 amide bonds. The minimum absolute atomic E-state index is 0.0607. The number of hydrogen-bond donors (Lipinski definition) is 1. The first-order valence-corrected chi connectivity index (χ1v) is 10.8. The summed E-state index contributed by atoms with van der Waals surface area (Å²) in [5.74, 6) is -1.60. The lowest BCUT2D eigenvalue weighted by atomic mass is 9.94. The standard InChI is InChI=1S/C26H24N2O5/c1-33-26(32)21(16-17-8-3-2-4-9-17)27-22(29)14-7-15-28-24(30)19-12-5-10-18-11-6-13-20(23(18)19)25(28)31/h2-6,8-13,21H,7,14-16H2,1H3,(H,27,29). The zero-order chi connectivity index (χ0) is 23.4. The lowest BCUT2D eigenvalue weighted by molar-refractivity contribution is -0.145. The number of imide groups is 1. The molecule has 1 heterocycles. The molecule has 3 aromatic carbocycles. The van der Waals surface area contributed by atoms with Crippen LogP contribution in [0.3, 0.4) is 0 Å². The van der Waals surface area contributed by atoms with Gasteiger partial charge in [0.1, 0.15) is 6.04 Å². The third-order valence-electron chi connectivity index (χ3n) is 5.74. The van der Waals surface area contributed by atoms with Crippen LogP contribution in [-0.2, 0) is 20.7 Å². The first-order chi connectivity index (χ1) is 16.0. The van der Waals surface area contributed by atoms with E-state index in [1.807, 2.05) is 42.5 Å². The quantitative estimate of drug-likeness (QED) is 0.426. The Bertz CT molecular complexity index is 1170. The molecule has 0 aliphatic carbocycles. The van der Waals surface area contributed by atoms with Gasteiger partial charge in [-0.15, -0.1) is 0 Å². The first kappa shape index (κ1) is 22.2. The zero-order valence-corrected chi connectivity index (χ0v) is 18.2. The predicted octanol–water partition coefficient (Wildman–Crippen LogP) is 3.12. The van der Waals surface area contributed by atoms with Crippen molar-refractivity contribution in [1.82, 2.24) is 10.2 Å². The van der Waals surface area contributed by atoms with Gasteiger partial charge in [-0.05, 0) is 29.5 Å². The molecule has 7 heteroatoms. The highest BCUT2D eigenvalue weighted by Gasteiger charge is 2.32. The monoisotopic (exact) mass is 444 g/mol. The Hall–Kier alpha value is -4.00. The van der Waals surface area contributed by atoms with E-state index in [0.29, 0.717) is 22.9 Å². The van der Waals surface area contributed by atoms with Gasteiger partial charge in [0.2, 0.25) is 5.91 Å². The molecule has 1 unspecified atom stereocenters. The number of rotatable bonds is 8. The number of carbonyl (C=O) groups excluding carboxylic acids is 4. The molecule has 0 bridgehead atoms. The summed E-state index contributed by atoms with van der Waals surface area (Å²) in [7, 11) is 1.28. The van der Waals surface area contributed by atoms with Gasteiger partial charge in [-0.2, -0.15) is 0 Å². The van der Waals surface area contributed by atoms with Crippen molar-refractivity contribution in [2.24, 2.45) is 0 Å². The minimum atomic E-state index is -0.812. The fourth-order valence-corrected chi connectivity index (χ4v) is 4.13. The maximum Gasteiger partial charge on any atom is 0.328 e. The fourth-order valence-electron chi connectivity index (χ4n) is 4.13. The van der Waals surface area contributed by atoms with Gasteiger partial charge < -0.3 is 10.1 Å². The largest absolute Gasteiger partial charge is 0.467 e. The second-order valence-electron chi connectivity index (χ2n) is 7.91. The smallest absolute Gasteiger partial charge is 0.328 e. The topological polar surface area (TPSA) is 92.8 Å². The third-order valence-corrected chi connectivity index (χ3v) is 5.74. The minimum Gasteiger partial charge on any atom is -0.467 e. The highest BCUT2D eigenvalue weighted by Crippen LogP contribution is 2.30. The maximum atomic E-state index is 12.9. The Balaban J connectivity index is 1.38. The summed E-state index contributed by atoms with van der Waals surface area (Å²) in [4.78, 5) is 51.7. The van der Waals surface area contributed by atoms with E-state index in [-0.39, 0.29) is 37.1 Å².